The number of phenolic OH excluding ortho intramolecular Hbond substituents is 1. The Labute approximate surface area is 174 Å². The van der Waals surface area contributed by atoms with Crippen molar-refractivity contribution in [1.29, 1.82) is 0 Å². The largest absolute Gasteiger partial charge is 0.507 e. The molecule has 1 aromatic carbocycles. The zero-order valence-corrected chi connectivity index (χ0v) is 16.6. The molecule has 3 aliphatic rings. The molecule has 3 N–H and O–H groups in total. The van der Waals surface area contributed by atoms with Crippen LogP contribution in [0.4, 0.5) is 5.82 Å². The van der Waals surface area contributed by atoms with Crippen molar-refractivity contribution >= 4 is 5.82 Å². The normalized spacial score (nSPS) is 25.1. The fourth-order valence-electron chi connectivity index (χ4n) is 5.14. The van der Waals surface area contributed by atoms with Crippen molar-refractivity contribution in [1.82, 2.24) is 25.7 Å². The number of aromatic nitrogens is 4. The van der Waals surface area contributed by atoms with Gasteiger partial charge in [0.2, 0.25) is 0 Å². The van der Waals surface area contributed by atoms with Crippen LogP contribution in [0.2, 0.25) is 0 Å². The van der Waals surface area contributed by atoms with Crippen LogP contribution in [-0.2, 0) is 0 Å². The second kappa shape index (κ2) is 6.98. The van der Waals surface area contributed by atoms with E-state index in [2.05, 4.69) is 30.6 Å². The van der Waals surface area contributed by atoms with Gasteiger partial charge in [0.25, 0.3) is 0 Å². The minimum absolute atomic E-state index is 0.158. The third-order valence-corrected chi connectivity index (χ3v) is 6.60. The number of nitrogens with zero attached hydrogens (tertiary/aromatic N) is 4. The smallest absolute Gasteiger partial charge is 0.194 e. The van der Waals surface area contributed by atoms with Gasteiger partial charge in [0, 0.05) is 41.5 Å². The Morgan fingerprint density at radius 1 is 1.07 bits per heavy atom. The maximum absolute atomic E-state index is 10.6. The molecular weight excluding hydrogens is 380 g/mol. The fourth-order valence-corrected chi connectivity index (χ4v) is 5.14. The first-order chi connectivity index (χ1) is 14.7. The summed E-state index contributed by atoms with van der Waals surface area (Å²) in [5, 5.41) is 30.1. The molecule has 2 fully saturated rings. The first-order valence-corrected chi connectivity index (χ1v) is 10.6. The lowest BCUT2D eigenvalue weighted by Crippen LogP contribution is -2.50. The van der Waals surface area contributed by atoms with Crippen LogP contribution >= 0.6 is 0 Å². The Morgan fingerprint density at radius 3 is 2.70 bits per heavy atom. The molecule has 0 amide bonds. The van der Waals surface area contributed by atoms with Crippen LogP contribution in [0.1, 0.15) is 25.7 Å². The fraction of sp³-hybridized carbons (Fsp3) is 0.409. The number of piperidine rings is 1. The standard InChI is InChI=1S/C22H24N6O2/c29-20-7-13(14-11-23-24-12-14)1-4-18(20)19-10-21-22(27-26-19)28(5-6-30-21)17-8-15-2-3-16(9-17)25-15/h1,4,7,10-12,15-17,25,29H,2-3,5-6,8-9H2,(H,23,24)/t15-,16+,17?. The number of fused-ring (bicyclic) bond motifs is 3. The lowest BCUT2D eigenvalue weighted by Gasteiger charge is -2.40. The number of rotatable bonds is 3. The zero-order chi connectivity index (χ0) is 20.1. The molecular formula is C22H24N6O2. The molecule has 3 aliphatic heterocycles. The van der Waals surface area contributed by atoms with E-state index in [0.717, 1.165) is 42.1 Å². The Bertz CT molecular complexity index is 1060. The minimum Gasteiger partial charge on any atom is -0.507 e. The quantitative estimate of drug-likeness (QED) is 0.617. The molecule has 2 saturated heterocycles. The summed E-state index contributed by atoms with van der Waals surface area (Å²) in [7, 11) is 0. The summed E-state index contributed by atoms with van der Waals surface area (Å²) >= 11 is 0. The monoisotopic (exact) mass is 404 g/mol. The van der Waals surface area contributed by atoms with E-state index in [-0.39, 0.29) is 5.75 Å². The Morgan fingerprint density at radius 2 is 1.93 bits per heavy atom. The van der Waals surface area contributed by atoms with Crippen molar-refractivity contribution < 1.29 is 9.84 Å². The number of anilines is 1. The third kappa shape index (κ3) is 2.99. The van der Waals surface area contributed by atoms with Crippen molar-refractivity contribution in [3.8, 4) is 33.9 Å². The first-order valence-electron chi connectivity index (χ1n) is 10.6. The van der Waals surface area contributed by atoms with Gasteiger partial charge < -0.3 is 20.1 Å². The molecule has 3 atom stereocenters. The summed E-state index contributed by atoms with van der Waals surface area (Å²) in [6.07, 6.45) is 8.37. The van der Waals surface area contributed by atoms with Crippen molar-refractivity contribution in [2.45, 2.75) is 43.8 Å². The Balaban J connectivity index is 1.30. The van der Waals surface area contributed by atoms with Crippen molar-refractivity contribution in [2.24, 2.45) is 0 Å². The van der Waals surface area contributed by atoms with Gasteiger partial charge in [-0.25, -0.2) is 0 Å². The lowest BCUT2D eigenvalue weighted by molar-refractivity contribution is 0.274. The minimum atomic E-state index is 0.158. The maximum Gasteiger partial charge on any atom is 0.194 e. The first kappa shape index (κ1) is 17.7. The number of phenols is 1. The third-order valence-electron chi connectivity index (χ3n) is 6.60. The molecule has 5 heterocycles. The highest BCUT2D eigenvalue weighted by molar-refractivity contribution is 5.75. The molecule has 2 aromatic heterocycles. The second-order valence-electron chi connectivity index (χ2n) is 8.44. The molecule has 0 aliphatic carbocycles. The Hall–Kier alpha value is -3.13. The van der Waals surface area contributed by atoms with Crippen LogP contribution in [0, 0.1) is 0 Å². The lowest BCUT2D eigenvalue weighted by atomic mass is 9.97. The summed E-state index contributed by atoms with van der Waals surface area (Å²) in [6, 6.07) is 9.15. The molecule has 1 unspecified atom stereocenters. The summed E-state index contributed by atoms with van der Waals surface area (Å²) in [5.74, 6) is 1.73. The number of benzene rings is 1. The number of ether oxygens (including phenoxy) is 1. The molecule has 154 valence electrons. The van der Waals surface area contributed by atoms with Gasteiger partial charge in [0.1, 0.15) is 18.1 Å². The molecule has 3 aromatic rings. The SMILES string of the molecule is Oc1cc(-c2cn[nH]c2)ccc1-c1cc2c(nn1)N(C1C[C@H]3CC[C@@H](C1)N3)CCO2. The van der Waals surface area contributed by atoms with Crippen LogP contribution in [0.5, 0.6) is 11.5 Å². The van der Waals surface area contributed by atoms with E-state index in [9.17, 15) is 5.11 Å². The molecule has 0 saturated carbocycles. The molecule has 6 rings (SSSR count). The number of hydrogen-bond acceptors (Lipinski definition) is 7. The summed E-state index contributed by atoms with van der Waals surface area (Å²) in [4.78, 5) is 2.38. The number of hydrogen-bond donors (Lipinski definition) is 3. The van der Waals surface area contributed by atoms with Gasteiger partial charge in [0.15, 0.2) is 11.6 Å². The molecule has 30 heavy (non-hydrogen) atoms. The topological polar surface area (TPSA) is 99.2 Å². The molecule has 8 nitrogen and oxygen atoms in total. The highest BCUT2D eigenvalue weighted by atomic mass is 16.5. The van der Waals surface area contributed by atoms with Gasteiger partial charge in [0.05, 0.1) is 12.7 Å². The number of aromatic hydroxyl groups is 1. The summed E-state index contributed by atoms with van der Waals surface area (Å²) < 4.78 is 5.94. The molecule has 8 heteroatoms. The van der Waals surface area contributed by atoms with Gasteiger partial charge in [-0.2, -0.15) is 5.10 Å². The van der Waals surface area contributed by atoms with E-state index in [1.165, 1.54) is 12.8 Å². The predicted octanol–water partition coefficient (Wildman–Crippen LogP) is 2.72. The van der Waals surface area contributed by atoms with Crippen LogP contribution in [0.3, 0.4) is 0 Å². The predicted molar refractivity (Wildman–Crippen MR) is 113 cm³/mol. The average Bonchev–Trinajstić information content (AvgIpc) is 3.42. The van der Waals surface area contributed by atoms with Crippen molar-refractivity contribution in [3.63, 3.8) is 0 Å². The number of nitrogens with one attached hydrogen (secondary N) is 2. The Kier molecular flexibility index (Phi) is 4.12. The number of aromatic amines is 1. The maximum atomic E-state index is 10.6. The van der Waals surface area contributed by atoms with E-state index in [1.807, 2.05) is 18.2 Å². The van der Waals surface area contributed by atoms with Crippen LogP contribution in [0.25, 0.3) is 22.4 Å². The number of H-pyrrole nitrogens is 1. The highest BCUT2D eigenvalue weighted by Crippen LogP contribution is 2.39. The van der Waals surface area contributed by atoms with Crippen LogP contribution in [-0.4, -0.2) is 56.8 Å². The average molecular weight is 404 g/mol. The molecule has 0 spiro atoms. The van der Waals surface area contributed by atoms with E-state index in [4.69, 9.17) is 4.74 Å². The summed E-state index contributed by atoms with van der Waals surface area (Å²) in [6.45, 7) is 1.48. The highest BCUT2D eigenvalue weighted by Gasteiger charge is 2.38. The van der Waals surface area contributed by atoms with Crippen molar-refractivity contribution in [2.75, 3.05) is 18.1 Å². The van der Waals surface area contributed by atoms with Crippen LogP contribution in [0.15, 0.2) is 36.7 Å². The molecule has 0 radical (unpaired) electrons. The van der Waals surface area contributed by atoms with Gasteiger partial charge in [-0.1, -0.05) is 6.07 Å². The summed E-state index contributed by atoms with van der Waals surface area (Å²) in [5.41, 5.74) is 3.05. The second-order valence-corrected chi connectivity index (χ2v) is 8.44. The van der Waals surface area contributed by atoms with Crippen molar-refractivity contribution in [3.05, 3.63) is 36.7 Å². The van der Waals surface area contributed by atoms with E-state index < -0.39 is 0 Å². The van der Waals surface area contributed by atoms with E-state index >= 15 is 0 Å². The van der Waals surface area contributed by atoms with Gasteiger partial charge >= 0.3 is 0 Å². The molecule has 2 bridgehead atoms. The van der Waals surface area contributed by atoms with Gasteiger partial charge in [-0.15, -0.1) is 10.2 Å². The van der Waals surface area contributed by atoms with E-state index in [0.29, 0.717) is 36.0 Å². The van der Waals surface area contributed by atoms with Gasteiger partial charge in [-0.05, 0) is 43.4 Å². The van der Waals surface area contributed by atoms with Gasteiger partial charge in [-0.3, -0.25) is 5.10 Å². The van der Waals surface area contributed by atoms with E-state index in [1.54, 1.807) is 18.5 Å². The van der Waals surface area contributed by atoms with Crippen LogP contribution < -0.4 is 15.0 Å². The zero-order valence-electron chi connectivity index (χ0n) is 16.6.